The Labute approximate surface area is 110 Å². The van der Waals surface area contributed by atoms with E-state index in [1.807, 2.05) is 34.6 Å². The fourth-order valence-corrected chi connectivity index (χ4v) is 1.83. The third kappa shape index (κ3) is 7.14. The van der Waals surface area contributed by atoms with Crippen LogP contribution in [0.2, 0.25) is 0 Å². The molecule has 0 aromatic rings. The molecule has 18 heavy (non-hydrogen) atoms. The van der Waals surface area contributed by atoms with Crippen molar-refractivity contribution in [2.75, 3.05) is 26.7 Å². The number of carbonyl (C=O) groups excluding carboxylic acids is 1. The number of carboxylic acid groups (broad SMARTS) is 1. The van der Waals surface area contributed by atoms with Crippen LogP contribution in [-0.2, 0) is 4.79 Å². The molecule has 0 aliphatic carbocycles. The third-order valence-corrected chi connectivity index (χ3v) is 2.22. The van der Waals surface area contributed by atoms with Crippen molar-refractivity contribution in [2.45, 2.75) is 34.6 Å². The van der Waals surface area contributed by atoms with Crippen LogP contribution >= 0.6 is 0 Å². The SMILES string of the molecule is CC(C)CN(CC(=O)O)C(=O)N(C)CC(C)(C)C. The Hall–Kier alpha value is -1.26. The van der Waals surface area contributed by atoms with Gasteiger partial charge in [-0.05, 0) is 11.3 Å². The highest BCUT2D eigenvalue weighted by atomic mass is 16.4. The van der Waals surface area contributed by atoms with Crippen LogP contribution in [0.5, 0.6) is 0 Å². The molecule has 0 rings (SSSR count). The van der Waals surface area contributed by atoms with Gasteiger partial charge in [0.15, 0.2) is 0 Å². The summed E-state index contributed by atoms with van der Waals surface area (Å²) < 4.78 is 0. The first kappa shape index (κ1) is 16.7. The highest BCUT2D eigenvalue weighted by Crippen LogP contribution is 2.15. The summed E-state index contributed by atoms with van der Waals surface area (Å²) in [5.41, 5.74) is -0.00284. The summed E-state index contributed by atoms with van der Waals surface area (Å²) in [7, 11) is 1.71. The molecule has 0 atom stereocenters. The van der Waals surface area contributed by atoms with Crippen molar-refractivity contribution < 1.29 is 14.7 Å². The van der Waals surface area contributed by atoms with Crippen LogP contribution in [0.3, 0.4) is 0 Å². The van der Waals surface area contributed by atoms with E-state index in [9.17, 15) is 9.59 Å². The van der Waals surface area contributed by atoms with E-state index in [-0.39, 0.29) is 23.9 Å². The van der Waals surface area contributed by atoms with E-state index < -0.39 is 5.97 Å². The molecule has 0 spiro atoms. The van der Waals surface area contributed by atoms with Crippen LogP contribution in [0.4, 0.5) is 4.79 Å². The van der Waals surface area contributed by atoms with Gasteiger partial charge in [0, 0.05) is 20.1 Å². The summed E-state index contributed by atoms with van der Waals surface area (Å²) >= 11 is 0. The fraction of sp³-hybridized carbons (Fsp3) is 0.846. The van der Waals surface area contributed by atoms with E-state index in [4.69, 9.17) is 5.11 Å². The minimum Gasteiger partial charge on any atom is -0.480 e. The molecule has 0 aromatic heterocycles. The number of carbonyl (C=O) groups is 2. The summed E-state index contributed by atoms with van der Waals surface area (Å²) in [5, 5.41) is 8.85. The number of nitrogens with zero attached hydrogens (tertiary/aromatic N) is 2. The molecular weight excluding hydrogens is 232 g/mol. The molecule has 0 aliphatic heterocycles. The summed E-state index contributed by atoms with van der Waals surface area (Å²) in [6, 6.07) is -0.221. The molecule has 0 aromatic carbocycles. The minimum absolute atomic E-state index is 0.00284. The lowest BCUT2D eigenvalue weighted by molar-refractivity contribution is -0.137. The van der Waals surface area contributed by atoms with Crippen LogP contribution in [0, 0.1) is 11.3 Å². The van der Waals surface area contributed by atoms with Gasteiger partial charge in [0.1, 0.15) is 6.54 Å². The van der Waals surface area contributed by atoms with Crippen LogP contribution in [0.15, 0.2) is 0 Å². The van der Waals surface area contributed by atoms with E-state index in [1.165, 1.54) is 4.90 Å². The number of hydrogen-bond donors (Lipinski definition) is 1. The van der Waals surface area contributed by atoms with Gasteiger partial charge in [-0.15, -0.1) is 0 Å². The summed E-state index contributed by atoms with van der Waals surface area (Å²) in [5.74, 6) is -0.732. The van der Waals surface area contributed by atoms with Gasteiger partial charge < -0.3 is 14.9 Å². The van der Waals surface area contributed by atoms with Crippen molar-refractivity contribution in [2.24, 2.45) is 11.3 Å². The van der Waals surface area contributed by atoms with Gasteiger partial charge in [0.25, 0.3) is 0 Å². The van der Waals surface area contributed by atoms with E-state index >= 15 is 0 Å². The first-order valence-electron chi connectivity index (χ1n) is 6.25. The monoisotopic (exact) mass is 258 g/mol. The maximum atomic E-state index is 12.2. The average molecular weight is 258 g/mol. The standard InChI is InChI=1S/C13H26N2O3/c1-10(2)7-15(8-11(16)17)12(18)14(6)9-13(3,4)5/h10H,7-9H2,1-6H3,(H,16,17). The molecule has 0 radical (unpaired) electrons. The highest BCUT2D eigenvalue weighted by molar-refractivity contribution is 5.80. The number of hydrogen-bond acceptors (Lipinski definition) is 2. The molecule has 0 saturated heterocycles. The minimum atomic E-state index is -0.979. The molecule has 0 saturated carbocycles. The van der Waals surface area contributed by atoms with Gasteiger partial charge >= 0.3 is 12.0 Å². The zero-order chi connectivity index (χ0) is 14.5. The van der Waals surface area contributed by atoms with Crippen molar-refractivity contribution in [3.63, 3.8) is 0 Å². The second-order valence-electron chi connectivity index (χ2n) is 6.37. The molecule has 5 nitrogen and oxygen atoms in total. The smallest absolute Gasteiger partial charge is 0.323 e. The van der Waals surface area contributed by atoms with Crippen LogP contribution in [-0.4, -0.2) is 53.6 Å². The predicted molar refractivity (Wildman–Crippen MR) is 71.5 cm³/mol. The van der Waals surface area contributed by atoms with Crippen LogP contribution < -0.4 is 0 Å². The summed E-state index contributed by atoms with van der Waals surface area (Å²) in [6.45, 7) is 10.9. The number of aliphatic carboxylic acids is 1. The van der Waals surface area contributed by atoms with Gasteiger partial charge in [-0.1, -0.05) is 34.6 Å². The normalized spacial score (nSPS) is 11.5. The number of urea groups is 1. The Bertz CT molecular complexity index is 295. The Morgan fingerprint density at radius 3 is 2.06 bits per heavy atom. The van der Waals surface area contributed by atoms with Crippen molar-refractivity contribution >= 4 is 12.0 Å². The van der Waals surface area contributed by atoms with Gasteiger partial charge in [0.05, 0.1) is 0 Å². The largest absolute Gasteiger partial charge is 0.480 e. The van der Waals surface area contributed by atoms with E-state index in [2.05, 4.69) is 0 Å². The van der Waals surface area contributed by atoms with Gasteiger partial charge in [-0.2, -0.15) is 0 Å². The molecule has 0 aliphatic rings. The summed E-state index contributed by atoms with van der Waals surface area (Å²) in [4.78, 5) is 25.9. The third-order valence-electron chi connectivity index (χ3n) is 2.22. The van der Waals surface area contributed by atoms with E-state index in [0.29, 0.717) is 13.1 Å². The molecule has 2 amide bonds. The number of carboxylic acids is 1. The van der Waals surface area contributed by atoms with Gasteiger partial charge in [-0.3, -0.25) is 4.79 Å². The van der Waals surface area contributed by atoms with E-state index in [1.54, 1.807) is 11.9 Å². The zero-order valence-electron chi connectivity index (χ0n) is 12.4. The molecule has 1 N–H and O–H groups in total. The lowest BCUT2D eigenvalue weighted by atomic mass is 9.96. The molecule has 5 heteroatoms. The Kier molecular flexibility index (Phi) is 6.15. The van der Waals surface area contributed by atoms with Gasteiger partial charge in [-0.25, -0.2) is 4.79 Å². The lowest BCUT2D eigenvalue weighted by Gasteiger charge is -2.32. The van der Waals surface area contributed by atoms with Crippen molar-refractivity contribution in [1.29, 1.82) is 0 Å². The first-order chi connectivity index (χ1) is 8.03. The van der Waals surface area contributed by atoms with E-state index in [0.717, 1.165) is 0 Å². The number of rotatable bonds is 5. The fourth-order valence-electron chi connectivity index (χ4n) is 1.83. The molecule has 0 heterocycles. The van der Waals surface area contributed by atoms with Crippen molar-refractivity contribution in [3.05, 3.63) is 0 Å². The highest BCUT2D eigenvalue weighted by Gasteiger charge is 2.24. The first-order valence-corrected chi connectivity index (χ1v) is 6.25. The molecule has 0 bridgehead atoms. The zero-order valence-corrected chi connectivity index (χ0v) is 12.4. The molecule has 106 valence electrons. The Morgan fingerprint density at radius 2 is 1.72 bits per heavy atom. The quantitative estimate of drug-likeness (QED) is 0.821. The van der Waals surface area contributed by atoms with Crippen molar-refractivity contribution in [3.8, 4) is 0 Å². The Balaban J connectivity index is 4.67. The molecule has 0 unspecified atom stereocenters. The topological polar surface area (TPSA) is 60.9 Å². The average Bonchev–Trinajstić information content (AvgIpc) is 2.11. The maximum absolute atomic E-state index is 12.2. The lowest BCUT2D eigenvalue weighted by Crippen LogP contribution is -2.47. The maximum Gasteiger partial charge on any atom is 0.323 e. The predicted octanol–water partition coefficient (Wildman–Crippen LogP) is 2.13. The van der Waals surface area contributed by atoms with Crippen LogP contribution in [0.25, 0.3) is 0 Å². The summed E-state index contributed by atoms with van der Waals surface area (Å²) in [6.07, 6.45) is 0. The van der Waals surface area contributed by atoms with Gasteiger partial charge in [0.2, 0.25) is 0 Å². The second kappa shape index (κ2) is 6.61. The molecular formula is C13H26N2O3. The second-order valence-corrected chi connectivity index (χ2v) is 6.37. The molecule has 0 fully saturated rings. The van der Waals surface area contributed by atoms with Crippen molar-refractivity contribution in [1.82, 2.24) is 9.80 Å². The van der Waals surface area contributed by atoms with Crippen LogP contribution in [0.1, 0.15) is 34.6 Å². The number of amides is 2. The Morgan fingerprint density at radius 1 is 1.22 bits per heavy atom.